The number of hydrogen-bond donors (Lipinski definition) is 1. The van der Waals surface area contributed by atoms with Gasteiger partial charge in [0.25, 0.3) is 0 Å². The van der Waals surface area contributed by atoms with Gasteiger partial charge in [-0.3, -0.25) is 9.59 Å². The van der Waals surface area contributed by atoms with E-state index in [1.807, 2.05) is 34.1 Å². The van der Waals surface area contributed by atoms with Gasteiger partial charge in [-0.2, -0.15) is 0 Å². The molecule has 2 amide bonds. The van der Waals surface area contributed by atoms with Gasteiger partial charge in [-0.15, -0.1) is 0 Å². The molecule has 0 atom stereocenters. The van der Waals surface area contributed by atoms with Gasteiger partial charge in [0, 0.05) is 32.6 Å². The molecule has 5 nitrogen and oxygen atoms in total. The van der Waals surface area contributed by atoms with Crippen molar-refractivity contribution in [2.45, 2.75) is 38.6 Å². The monoisotopic (exact) mass is 392 g/mol. The van der Waals surface area contributed by atoms with E-state index in [1.54, 1.807) is 18.2 Å². The number of amides is 2. The van der Waals surface area contributed by atoms with E-state index in [2.05, 4.69) is 12.1 Å². The lowest BCUT2D eigenvalue weighted by molar-refractivity contribution is -0.142. The van der Waals surface area contributed by atoms with E-state index in [4.69, 9.17) is 0 Å². The van der Waals surface area contributed by atoms with Crippen molar-refractivity contribution < 1.29 is 14.7 Å². The predicted octanol–water partition coefficient (Wildman–Crippen LogP) is 3.37. The Morgan fingerprint density at radius 2 is 1.69 bits per heavy atom. The number of carbonyl (C=O) groups excluding carboxylic acids is 2. The third-order valence-corrected chi connectivity index (χ3v) is 6.41. The number of carbonyl (C=O) groups is 2. The summed E-state index contributed by atoms with van der Waals surface area (Å²) in [5.41, 5.74) is 2.13. The van der Waals surface area contributed by atoms with Crippen molar-refractivity contribution in [3.8, 4) is 5.75 Å². The van der Waals surface area contributed by atoms with Gasteiger partial charge in [0.2, 0.25) is 11.8 Å². The van der Waals surface area contributed by atoms with Crippen molar-refractivity contribution in [1.82, 2.24) is 9.80 Å². The Balaban J connectivity index is 1.35. The second-order valence-electron chi connectivity index (χ2n) is 8.46. The molecule has 152 valence electrons. The quantitative estimate of drug-likeness (QED) is 0.868. The van der Waals surface area contributed by atoms with E-state index >= 15 is 0 Å². The van der Waals surface area contributed by atoms with Crippen LogP contribution in [0.15, 0.2) is 54.6 Å². The summed E-state index contributed by atoms with van der Waals surface area (Å²) in [5.74, 6) is 0.540. The van der Waals surface area contributed by atoms with Crippen LogP contribution in [-0.4, -0.2) is 46.4 Å². The van der Waals surface area contributed by atoms with E-state index in [1.165, 1.54) is 0 Å². The minimum Gasteiger partial charge on any atom is -0.508 e. The predicted molar refractivity (Wildman–Crippen MR) is 111 cm³/mol. The molecule has 2 saturated heterocycles. The molecule has 0 unspecified atom stereocenters. The van der Waals surface area contributed by atoms with Gasteiger partial charge in [0.1, 0.15) is 5.75 Å². The largest absolute Gasteiger partial charge is 0.508 e. The van der Waals surface area contributed by atoms with Gasteiger partial charge in [0.15, 0.2) is 0 Å². The van der Waals surface area contributed by atoms with Crippen LogP contribution in [0.2, 0.25) is 0 Å². The molecule has 4 rings (SSSR count). The molecule has 1 N–H and O–H groups in total. The fourth-order valence-corrected chi connectivity index (χ4v) is 4.64. The standard InChI is InChI=1S/C24H28N2O3/c27-21-8-4-7-20(15-21)16-23(29)25-13-11-24(12-14-25)10-9-22(28)26(18-24)17-19-5-2-1-3-6-19/h1-8,15,27H,9-14,16-18H2. The lowest BCUT2D eigenvalue weighted by Crippen LogP contribution is -2.52. The smallest absolute Gasteiger partial charge is 0.226 e. The van der Waals surface area contributed by atoms with Crippen LogP contribution in [0.4, 0.5) is 0 Å². The molecule has 0 aromatic heterocycles. The Labute approximate surface area is 171 Å². The Kier molecular flexibility index (Phi) is 5.56. The molecular weight excluding hydrogens is 364 g/mol. The van der Waals surface area contributed by atoms with Crippen LogP contribution >= 0.6 is 0 Å². The number of piperidine rings is 2. The molecule has 2 heterocycles. The highest BCUT2D eigenvalue weighted by atomic mass is 16.3. The summed E-state index contributed by atoms with van der Waals surface area (Å²) in [7, 11) is 0. The molecule has 29 heavy (non-hydrogen) atoms. The van der Waals surface area contributed by atoms with E-state index in [0.717, 1.165) is 50.0 Å². The van der Waals surface area contributed by atoms with Gasteiger partial charge in [-0.25, -0.2) is 0 Å². The first kappa shape index (κ1) is 19.5. The number of rotatable bonds is 4. The maximum absolute atomic E-state index is 12.7. The van der Waals surface area contributed by atoms with Gasteiger partial charge >= 0.3 is 0 Å². The first-order valence-electron chi connectivity index (χ1n) is 10.4. The number of benzene rings is 2. The molecule has 2 aliphatic rings. The average molecular weight is 392 g/mol. The van der Waals surface area contributed by atoms with Gasteiger partial charge < -0.3 is 14.9 Å². The molecule has 0 bridgehead atoms. The fourth-order valence-electron chi connectivity index (χ4n) is 4.64. The average Bonchev–Trinajstić information content (AvgIpc) is 2.72. The third-order valence-electron chi connectivity index (χ3n) is 6.41. The highest BCUT2D eigenvalue weighted by Gasteiger charge is 2.41. The Bertz CT molecular complexity index is 873. The minimum absolute atomic E-state index is 0.110. The second-order valence-corrected chi connectivity index (χ2v) is 8.46. The Morgan fingerprint density at radius 1 is 0.966 bits per heavy atom. The lowest BCUT2D eigenvalue weighted by Gasteiger charge is -2.47. The van der Waals surface area contributed by atoms with Crippen LogP contribution in [0.25, 0.3) is 0 Å². The first-order chi connectivity index (χ1) is 14.0. The molecule has 5 heteroatoms. The molecule has 2 aromatic carbocycles. The van der Waals surface area contributed by atoms with Crippen LogP contribution in [0.1, 0.15) is 36.8 Å². The van der Waals surface area contributed by atoms with E-state index in [-0.39, 0.29) is 23.0 Å². The molecule has 1 spiro atoms. The zero-order valence-electron chi connectivity index (χ0n) is 16.7. The summed E-state index contributed by atoms with van der Waals surface area (Å²) >= 11 is 0. The van der Waals surface area contributed by atoms with E-state index in [9.17, 15) is 14.7 Å². The summed E-state index contributed by atoms with van der Waals surface area (Å²) in [6, 6.07) is 17.1. The van der Waals surface area contributed by atoms with Crippen LogP contribution in [0.3, 0.4) is 0 Å². The van der Waals surface area contributed by atoms with Crippen LogP contribution in [-0.2, 0) is 22.6 Å². The second kappa shape index (κ2) is 8.27. The van der Waals surface area contributed by atoms with Crippen LogP contribution in [0.5, 0.6) is 5.75 Å². The van der Waals surface area contributed by atoms with Crippen molar-refractivity contribution in [1.29, 1.82) is 0 Å². The van der Waals surface area contributed by atoms with Crippen molar-refractivity contribution in [2.75, 3.05) is 19.6 Å². The van der Waals surface area contributed by atoms with Gasteiger partial charge in [-0.1, -0.05) is 42.5 Å². The number of phenols is 1. The number of nitrogens with zero attached hydrogens (tertiary/aromatic N) is 2. The van der Waals surface area contributed by atoms with Crippen molar-refractivity contribution in [2.24, 2.45) is 5.41 Å². The number of hydrogen-bond acceptors (Lipinski definition) is 3. The van der Waals surface area contributed by atoms with E-state index in [0.29, 0.717) is 19.4 Å². The van der Waals surface area contributed by atoms with Crippen molar-refractivity contribution in [3.05, 3.63) is 65.7 Å². The molecule has 0 radical (unpaired) electrons. The van der Waals surface area contributed by atoms with Crippen molar-refractivity contribution in [3.63, 3.8) is 0 Å². The topological polar surface area (TPSA) is 60.9 Å². The number of phenolic OH excluding ortho intramolecular Hbond substituents is 1. The summed E-state index contributed by atoms with van der Waals surface area (Å²) < 4.78 is 0. The molecular formula is C24H28N2O3. The number of aromatic hydroxyl groups is 1. The van der Waals surface area contributed by atoms with Crippen LogP contribution in [0, 0.1) is 5.41 Å². The summed E-state index contributed by atoms with van der Waals surface area (Å²) in [5, 5.41) is 9.60. The fraction of sp³-hybridized carbons (Fsp3) is 0.417. The van der Waals surface area contributed by atoms with E-state index < -0.39 is 0 Å². The van der Waals surface area contributed by atoms with Crippen LogP contribution < -0.4 is 0 Å². The van der Waals surface area contributed by atoms with Gasteiger partial charge in [-0.05, 0) is 47.9 Å². The highest BCUT2D eigenvalue weighted by Crippen LogP contribution is 2.40. The minimum atomic E-state index is 0.110. The van der Waals surface area contributed by atoms with Gasteiger partial charge in [0.05, 0.1) is 6.42 Å². The normalized spacial score (nSPS) is 18.8. The summed E-state index contributed by atoms with van der Waals surface area (Å²) in [6.45, 7) is 2.94. The van der Waals surface area contributed by atoms with Crippen molar-refractivity contribution >= 4 is 11.8 Å². The lowest BCUT2D eigenvalue weighted by atomic mass is 9.72. The maximum atomic E-state index is 12.7. The molecule has 2 fully saturated rings. The highest BCUT2D eigenvalue weighted by molar-refractivity contribution is 5.79. The third kappa shape index (κ3) is 4.61. The number of likely N-dealkylation sites (tertiary alicyclic amines) is 2. The zero-order valence-corrected chi connectivity index (χ0v) is 16.7. The molecule has 2 aliphatic heterocycles. The first-order valence-corrected chi connectivity index (χ1v) is 10.4. The Hall–Kier alpha value is -2.82. The maximum Gasteiger partial charge on any atom is 0.226 e. The molecule has 0 aliphatic carbocycles. The summed E-state index contributed by atoms with van der Waals surface area (Å²) in [6.07, 6.45) is 3.73. The molecule has 0 saturated carbocycles. The summed E-state index contributed by atoms with van der Waals surface area (Å²) in [4.78, 5) is 29.1. The SMILES string of the molecule is O=C(Cc1cccc(O)c1)N1CCC2(CCC(=O)N(Cc3ccccc3)C2)CC1. The Morgan fingerprint density at radius 3 is 2.41 bits per heavy atom. The molecule has 2 aromatic rings. The zero-order chi connectivity index (χ0) is 20.3.